The molecule has 1 aromatic rings. The van der Waals surface area contributed by atoms with Crippen LogP contribution in [0.1, 0.15) is 43.6 Å². The van der Waals surface area contributed by atoms with E-state index in [1.54, 1.807) is 0 Å². The minimum Gasteiger partial charge on any atom is -0.316 e. The summed E-state index contributed by atoms with van der Waals surface area (Å²) in [7, 11) is 4.10. The molecule has 0 aromatic carbocycles. The molecule has 1 N–H and O–H groups in total. The molecular weight excluding hydrogens is 210 g/mol. The van der Waals surface area contributed by atoms with Gasteiger partial charge in [-0.05, 0) is 38.8 Å². The van der Waals surface area contributed by atoms with Gasteiger partial charge in [0.25, 0.3) is 0 Å². The van der Waals surface area contributed by atoms with Crippen molar-refractivity contribution in [1.29, 1.82) is 0 Å². The van der Waals surface area contributed by atoms with Gasteiger partial charge in [-0.25, -0.2) is 0 Å². The molecule has 1 rings (SSSR count). The number of nitrogens with zero attached hydrogens (tertiary/aromatic N) is 2. The Kier molecular flexibility index (Phi) is 5.19. The minimum absolute atomic E-state index is 0.562. The molecule has 0 amide bonds. The fraction of sp³-hybridized carbons (Fsp3) is 0.786. The first-order chi connectivity index (χ1) is 8.04. The van der Waals surface area contributed by atoms with E-state index in [0.717, 1.165) is 12.3 Å². The van der Waals surface area contributed by atoms with Gasteiger partial charge in [0, 0.05) is 18.8 Å². The second-order valence-corrected chi connectivity index (χ2v) is 4.95. The first-order valence-corrected chi connectivity index (χ1v) is 6.71. The molecule has 0 saturated carbocycles. The van der Waals surface area contributed by atoms with E-state index in [2.05, 4.69) is 45.2 Å². The molecule has 3 nitrogen and oxygen atoms in total. The first kappa shape index (κ1) is 14.2. The molecule has 1 unspecified atom stereocenters. The molecular formula is C14H27N3. The van der Waals surface area contributed by atoms with Gasteiger partial charge in [0.1, 0.15) is 0 Å². The van der Waals surface area contributed by atoms with Crippen molar-refractivity contribution in [2.75, 3.05) is 7.05 Å². The normalized spacial score (nSPS) is 13.4. The summed E-state index contributed by atoms with van der Waals surface area (Å²) in [5, 5.41) is 7.98. The predicted molar refractivity (Wildman–Crippen MR) is 73.3 cm³/mol. The van der Waals surface area contributed by atoms with Crippen molar-refractivity contribution in [2.24, 2.45) is 13.0 Å². The highest BCUT2D eigenvalue weighted by Gasteiger charge is 2.20. The van der Waals surface area contributed by atoms with Crippen LogP contribution in [0.25, 0.3) is 0 Å². The molecule has 0 fully saturated rings. The van der Waals surface area contributed by atoms with E-state index >= 15 is 0 Å². The summed E-state index contributed by atoms with van der Waals surface area (Å²) in [4.78, 5) is 0. The number of nitrogens with one attached hydrogen (secondary N) is 1. The molecule has 1 heterocycles. The Morgan fingerprint density at radius 2 is 1.82 bits per heavy atom. The summed E-state index contributed by atoms with van der Waals surface area (Å²) in [6.07, 6.45) is 3.56. The highest BCUT2D eigenvalue weighted by atomic mass is 15.3. The number of hydrogen-bond acceptors (Lipinski definition) is 2. The topological polar surface area (TPSA) is 29.9 Å². The average molecular weight is 237 g/mol. The Hall–Kier alpha value is -0.830. The van der Waals surface area contributed by atoms with Crippen LogP contribution in [0.4, 0.5) is 0 Å². The van der Waals surface area contributed by atoms with Crippen molar-refractivity contribution in [3.63, 3.8) is 0 Å². The van der Waals surface area contributed by atoms with Gasteiger partial charge in [0.15, 0.2) is 0 Å². The quantitative estimate of drug-likeness (QED) is 0.824. The van der Waals surface area contributed by atoms with E-state index in [1.165, 1.54) is 29.8 Å². The molecule has 0 aliphatic heterocycles. The number of hydrogen-bond donors (Lipinski definition) is 1. The summed E-state index contributed by atoms with van der Waals surface area (Å²) in [6.45, 7) is 8.83. The lowest BCUT2D eigenvalue weighted by Gasteiger charge is -2.25. The third-order valence-corrected chi connectivity index (χ3v) is 4.07. The Labute approximate surface area is 106 Å². The maximum Gasteiger partial charge on any atom is 0.0628 e. The van der Waals surface area contributed by atoms with Crippen LogP contribution >= 0.6 is 0 Å². The molecule has 17 heavy (non-hydrogen) atoms. The summed E-state index contributed by atoms with van der Waals surface area (Å²) in [6, 6.07) is 0.562. The Morgan fingerprint density at radius 3 is 2.18 bits per heavy atom. The van der Waals surface area contributed by atoms with Crippen molar-refractivity contribution in [3.05, 3.63) is 17.0 Å². The Balaban J connectivity index is 2.87. The fourth-order valence-electron chi connectivity index (χ4n) is 2.69. The number of likely N-dealkylation sites (N-methyl/N-ethyl adjacent to an activating group) is 1. The third-order valence-electron chi connectivity index (χ3n) is 4.07. The SMILES string of the molecule is CCC(CC)C(Cc1c(C)nn(C)c1C)NC. The zero-order valence-corrected chi connectivity index (χ0v) is 12.2. The van der Waals surface area contributed by atoms with Gasteiger partial charge in [-0.1, -0.05) is 26.7 Å². The lowest BCUT2D eigenvalue weighted by Crippen LogP contribution is -2.35. The number of aromatic nitrogens is 2. The van der Waals surface area contributed by atoms with E-state index in [-0.39, 0.29) is 0 Å². The lowest BCUT2D eigenvalue weighted by atomic mass is 9.89. The van der Waals surface area contributed by atoms with E-state index in [1.807, 2.05) is 11.7 Å². The van der Waals surface area contributed by atoms with Crippen LogP contribution in [0.3, 0.4) is 0 Å². The fourth-order valence-corrected chi connectivity index (χ4v) is 2.69. The smallest absolute Gasteiger partial charge is 0.0628 e. The van der Waals surface area contributed by atoms with Gasteiger partial charge in [-0.15, -0.1) is 0 Å². The molecule has 0 radical (unpaired) electrons. The molecule has 98 valence electrons. The minimum atomic E-state index is 0.562. The van der Waals surface area contributed by atoms with Crippen molar-refractivity contribution < 1.29 is 0 Å². The molecule has 0 saturated heterocycles. The summed E-state index contributed by atoms with van der Waals surface area (Å²) in [5.41, 5.74) is 3.89. The summed E-state index contributed by atoms with van der Waals surface area (Å²) >= 11 is 0. The first-order valence-electron chi connectivity index (χ1n) is 6.71. The number of rotatable bonds is 6. The van der Waals surface area contributed by atoms with Crippen LogP contribution in [0, 0.1) is 19.8 Å². The van der Waals surface area contributed by atoms with E-state index in [4.69, 9.17) is 0 Å². The maximum absolute atomic E-state index is 4.50. The van der Waals surface area contributed by atoms with Gasteiger partial charge >= 0.3 is 0 Å². The van der Waals surface area contributed by atoms with E-state index in [0.29, 0.717) is 6.04 Å². The largest absolute Gasteiger partial charge is 0.316 e. The standard InChI is InChI=1S/C14H27N3/c1-7-12(8-2)14(15-5)9-13-10(3)16-17(6)11(13)4/h12,14-15H,7-9H2,1-6H3. The monoisotopic (exact) mass is 237 g/mol. The molecule has 0 bridgehead atoms. The molecule has 3 heteroatoms. The summed E-state index contributed by atoms with van der Waals surface area (Å²) in [5.74, 6) is 0.749. The summed E-state index contributed by atoms with van der Waals surface area (Å²) < 4.78 is 1.99. The number of aryl methyl sites for hydroxylation is 2. The van der Waals surface area contributed by atoms with Crippen LogP contribution in [0.15, 0.2) is 0 Å². The zero-order chi connectivity index (χ0) is 13.0. The second-order valence-electron chi connectivity index (χ2n) is 4.95. The molecule has 1 aromatic heterocycles. The predicted octanol–water partition coefficient (Wildman–Crippen LogP) is 2.60. The van der Waals surface area contributed by atoms with Crippen molar-refractivity contribution >= 4 is 0 Å². The molecule has 0 spiro atoms. The van der Waals surface area contributed by atoms with Crippen LogP contribution < -0.4 is 5.32 Å². The van der Waals surface area contributed by atoms with Gasteiger partial charge < -0.3 is 5.32 Å². The van der Waals surface area contributed by atoms with Gasteiger partial charge in [0.2, 0.25) is 0 Å². The van der Waals surface area contributed by atoms with Gasteiger partial charge in [0.05, 0.1) is 5.69 Å². The molecule has 1 atom stereocenters. The van der Waals surface area contributed by atoms with Crippen LogP contribution in [-0.4, -0.2) is 22.9 Å². The second kappa shape index (κ2) is 6.20. The highest BCUT2D eigenvalue weighted by Crippen LogP contribution is 2.20. The zero-order valence-electron chi connectivity index (χ0n) is 12.2. The van der Waals surface area contributed by atoms with Crippen LogP contribution in [0.2, 0.25) is 0 Å². The molecule has 0 aliphatic carbocycles. The van der Waals surface area contributed by atoms with Crippen LogP contribution in [-0.2, 0) is 13.5 Å². The highest BCUT2D eigenvalue weighted by molar-refractivity contribution is 5.25. The van der Waals surface area contributed by atoms with E-state index < -0.39 is 0 Å². The average Bonchev–Trinajstić information content (AvgIpc) is 2.55. The maximum atomic E-state index is 4.50. The van der Waals surface area contributed by atoms with Crippen molar-refractivity contribution in [3.8, 4) is 0 Å². The Morgan fingerprint density at radius 1 is 1.24 bits per heavy atom. The van der Waals surface area contributed by atoms with Gasteiger partial charge in [-0.3, -0.25) is 4.68 Å². The van der Waals surface area contributed by atoms with Gasteiger partial charge in [-0.2, -0.15) is 5.10 Å². The van der Waals surface area contributed by atoms with Crippen molar-refractivity contribution in [2.45, 2.75) is 53.0 Å². The van der Waals surface area contributed by atoms with Crippen LogP contribution in [0.5, 0.6) is 0 Å². The van der Waals surface area contributed by atoms with E-state index in [9.17, 15) is 0 Å². The Bertz CT molecular complexity index is 351. The van der Waals surface area contributed by atoms with Crippen molar-refractivity contribution in [1.82, 2.24) is 15.1 Å². The third kappa shape index (κ3) is 3.09. The lowest BCUT2D eigenvalue weighted by molar-refractivity contribution is 0.348. The molecule has 0 aliphatic rings.